The van der Waals surface area contributed by atoms with Crippen molar-refractivity contribution in [3.8, 4) is 0 Å². The third-order valence-electron chi connectivity index (χ3n) is 1.40. The molecule has 0 atom stereocenters. The van der Waals surface area contributed by atoms with E-state index in [4.69, 9.17) is 11.5 Å². The van der Waals surface area contributed by atoms with Crippen molar-refractivity contribution in [3.05, 3.63) is 26.6 Å². The average Bonchev–Trinajstić information content (AvgIpc) is 1.96. The maximum atomic E-state index is 5.71. The monoisotopic (exact) mass is 278 g/mol. The lowest BCUT2D eigenvalue weighted by Crippen LogP contribution is -2.01. The van der Waals surface area contributed by atoms with Gasteiger partial charge in [0.1, 0.15) is 0 Å². The minimum atomic E-state index is 0.462. The summed E-state index contributed by atoms with van der Waals surface area (Å²) < 4.78 is 1.87. The number of anilines is 1. The fraction of sp³-hybridized carbons (Fsp3) is 0.143. The highest BCUT2D eigenvalue weighted by Crippen LogP contribution is 2.27. The van der Waals surface area contributed by atoms with Crippen molar-refractivity contribution in [2.45, 2.75) is 6.54 Å². The van der Waals surface area contributed by atoms with E-state index in [0.29, 0.717) is 6.54 Å². The van der Waals surface area contributed by atoms with Crippen LogP contribution in [-0.4, -0.2) is 0 Å². The van der Waals surface area contributed by atoms with E-state index < -0.39 is 0 Å². The van der Waals surface area contributed by atoms with Gasteiger partial charge in [-0.05, 0) is 33.6 Å². The molecule has 0 aromatic heterocycles. The molecule has 11 heavy (non-hydrogen) atoms. The van der Waals surface area contributed by atoms with Gasteiger partial charge < -0.3 is 11.5 Å². The van der Waals surface area contributed by atoms with Crippen LogP contribution >= 0.6 is 31.9 Å². The van der Waals surface area contributed by atoms with Crippen molar-refractivity contribution < 1.29 is 0 Å². The van der Waals surface area contributed by atoms with Crippen molar-refractivity contribution in [1.29, 1.82) is 0 Å². The summed E-state index contributed by atoms with van der Waals surface area (Å²) in [6.07, 6.45) is 0. The Hall–Kier alpha value is -0.0600. The summed E-state index contributed by atoms with van der Waals surface area (Å²) in [6, 6.07) is 3.81. The molecule has 60 valence electrons. The van der Waals surface area contributed by atoms with Gasteiger partial charge in [-0.15, -0.1) is 0 Å². The van der Waals surface area contributed by atoms with Crippen LogP contribution in [0.25, 0.3) is 0 Å². The molecule has 0 saturated carbocycles. The molecule has 1 rings (SSSR count). The van der Waals surface area contributed by atoms with Gasteiger partial charge in [-0.3, -0.25) is 0 Å². The standard InChI is InChI=1S/C7H8Br2N2/c8-5-1-4(3-10)7(11)6(9)2-5/h1-2H,3,10-11H2. The second-order valence-electron chi connectivity index (χ2n) is 2.16. The van der Waals surface area contributed by atoms with Crippen molar-refractivity contribution in [2.75, 3.05) is 5.73 Å². The molecule has 2 nitrogen and oxygen atoms in total. The number of nitrogens with two attached hydrogens (primary N) is 2. The van der Waals surface area contributed by atoms with E-state index in [1.54, 1.807) is 0 Å². The van der Waals surface area contributed by atoms with Gasteiger partial charge in [0, 0.05) is 15.5 Å². The highest BCUT2D eigenvalue weighted by atomic mass is 79.9. The Labute approximate surface area is 82.2 Å². The molecule has 0 fully saturated rings. The van der Waals surface area contributed by atoms with Gasteiger partial charge in [0.15, 0.2) is 0 Å². The lowest BCUT2D eigenvalue weighted by atomic mass is 10.2. The normalized spacial score (nSPS) is 10.1. The van der Waals surface area contributed by atoms with Gasteiger partial charge in [0.05, 0.1) is 5.69 Å². The Morgan fingerprint density at radius 2 is 1.91 bits per heavy atom. The van der Waals surface area contributed by atoms with Crippen LogP contribution in [0.1, 0.15) is 5.56 Å². The van der Waals surface area contributed by atoms with Crippen LogP contribution in [0.4, 0.5) is 5.69 Å². The summed E-state index contributed by atoms with van der Waals surface area (Å²) in [7, 11) is 0. The number of hydrogen-bond donors (Lipinski definition) is 2. The first-order valence-corrected chi connectivity index (χ1v) is 4.67. The molecule has 0 heterocycles. The smallest absolute Gasteiger partial charge is 0.0504 e. The minimum Gasteiger partial charge on any atom is -0.398 e. The quantitative estimate of drug-likeness (QED) is 0.775. The molecule has 4 heteroatoms. The molecule has 4 N–H and O–H groups in total. The van der Waals surface area contributed by atoms with E-state index in [-0.39, 0.29) is 0 Å². The van der Waals surface area contributed by atoms with E-state index in [1.807, 2.05) is 12.1 Å². The molecule has 1 aromatic rings. The van der Waals surface area contributed by atoms with Gasteiger partial charge in [-0.1, -0.05) is 15.9 Å². The summed E-state index contributed by atoms with van der Waals surface area (Å²) in [6.45, 7) is 0.462. The minimum absolute atomic E-state index is 0.462. The van der Waals surface area contributed by atoms with E-state index in [1.165, 1.54) is 0 Å². The largest absolute Gasteiger partial charge is 0.398 e. The summed E-state index contributed by atoms with van der Waals surface area (Å²) >= 11 is 6.67. The Bertz CT molecular complexity index is 273. The highest BCUT2D eigenvalue weighted by molar-refractivity contribution is 9.11. The van der Waals surface area contributed by atoms with Gasteiger partial charge in [-0.2, -0.15) is 0 Å². The molecule has 0 radical (unpaired) electrons. The van der Waals surface area contributed by atoms with Gasteiger partial charge in [0.2, 0.25) is 0 Å². The van der Waals surface area contributed by atoms with Crippen LogP contribution in [0.15, 0.2) is 21.1 Å². The second-order valence-corrected chi connectivity index (χ2v) is 3.93. The summed E-state index contributed by atoms with van der Waals surface area (Å²) in [5, 5.41) is 0. The van der Waals surface area contributed by atoms with Crippen LogP contribution in [-0.2, 0) is 6.54 Å². The predicted molar refractivity (Wildman–Crippen MR) is 54.1 cm³/mol. The van der Waals surface area contributed by atoms with Crippen LogP contribution < -0.4 is 11.5 Å². The van der Waals surface area contributed by atoms with E-state index in [2.05, 4.69) is 31.9 Å². The van der Waals surface area contributed by atoms with Crippen LogP contribution in [0, 0.1) is 0 Å². The van der Waals surface area contributed by atoms with Crippen molar-refractivity contribution >= 4 is 37.5 Å². The molecule has 0 aliphatic heterocycles. The lowest BCUT2D eigenvalue weighted by molar-refractivity contribution is 1.07. The molecule has 0 saturated heterocycles. The maximum absolute atomic E-state index is 5.71. The zero-order chi connectivity index (χ0) is 8.43. The van der Waals surface area contributed by atoms with Crippen LogP contribution in [0.5, 0.6) is 0 Å². The molecule has 0 aliphatic rings. The number of halogens is 2. The first-order valence-electron chi connectivity index (χ1n) is 3.08. The molecule has 0 bridgehead atoms. The number of hydrogen-bond acceptors (Lipinski definition) is 2. The fourth-order valence-corrected chi connectivity index (χ4v) is 2.12. The summed E-state index contributed by atoms with van der Waals surface area (Å²) in [5.41, 5.74) is 12.8. The molecule has 1 aromatic carbocycles. The predicted octanol–water partition coefficient (Wildman–Crippen LogP) is 2.25. The van der Waals surface area contributed by atoms with Gasteiger partial charge in [-0.25, -0.2) is 0 Å². The summed E-state index contributed by atoms with van der Waals surface area (Å²) in [5.74, 6) is 0. The van der Waals surface area contributed by atoms with Gasteiger partial charge in [0.25, 0.3) is 0 Å². The van der Waals surface area contributed by atoms with Crippen molar-refractivity contribution in [3.63, 3.8) is 0 Å². The fourth-order valence-electron chi connectivity index (χ4n) is 0.807. The van der Waals surface area contributed by atoms with Crippen molar-refractivity contribution in [1.82, 2.24) is 0 Å². The van der Waals surface area contributed by atoms with E-state index in [9.17, 15) is 0 Å². The summed E-state index contributed by atoms with van der Waals surface area (Å²) in [4.78, 5) is 0. The van der Waals surface area contributed by atoms with E-state index >= 15 is 0 Å². The SMILES string of the molecule is NCc1cc(Br)cc(Br)c1N. The number of nitrogen functional groups attached to an aromatic ring is 1. The topological polar surface area (TPSA) is 52.0 Å². The van der Waals surface area contributed by atoms with Crippen LogP contribution in [0.3, 0.4) is 0 Å². The van der Waals surface area contributed by atoms with Gasteiger partial charge >= 0.3 is 0 Å². The molecule has 0 amide bonds. The Kier molecular flexibility index (Phi) is 2.92. The zero-order valence-corrected chi connectivity index (χ0v) is 8.94. The molecule has 0 spiro atoms. The van der Waals surface area contributed by atoms with E-state index in [0.717, 1.165) is 20.2 Å². The zero-order valence-electron chi connectivity index (χ0n) is 5.77. The molecule has 0 unspecified atom stereocenters. The average molecular weight is 280 g/mol. The molecular weight excluding hydrogens is 272 g/mol. The number of rotatable bonds is 1. The second kappa shape index (κ2) is 3.56. The Morgan fingerprint density at radius 1 is 1.27 bits per heavy atom. The third kappa shape index (κ3) is 1.95. The number of benzene rings is 1. The third-order valence-corrected chi connectivity index (χ3v) is 2.51. The van der Waals surface area contributed by atoms with Crippen LogP contribution in [0.2, 0.25) is 0 Å². The molecule has 0 aliphatic carbocycles. The first kappa shape index (κ1) is 9.03. The highest BCUT2D eigenvalue weighted by Gasteiger charge is 2.02. The maximum Gasteiger partial charge on any atom is 0.0504 e. The molecular formula is C7H8Br2N2. The van der Waals surface area contributed by atoms with Crippen molar-refractivity contribution in [2.24, 2.45) is 5.73 Å². The Balaban J connectivity index is 3.24. The first-order chi connectivity index (χ1) is 5.15. The Morgan fingerprint density at radius 3 is 2.45 bits per heavy atom. The lowest BCUT2D eigenvalue weighted by Gasteiger charge is -2.05.